The molecule has 0 fully saturated rings. The molecule has 22 heavy (non-hydrogen) atoms. The lowest BCUT2D eigenvalue weighted by Crippen LogP contribution is -2.20. The number of sulfonamides is 1. The maximum atomic E-state index is 12.3. The fraction of sp³-hybridized carbons (Fsp3) is 0.133. The van der Waals surface area contributed by atoms with Gasteiger partial charge in [-0.25, -0.2) is 13.1 Å². The molecule has 2 N–H and O–H groups in total. The SMILES string of the molecule is CNS(=O)(=O)c1ccc(Cl)c(C(=O)Nc2ccccc2C)c1. The monoisotopic (exact) mass is 338 g/mol. The molecule has 116 valence electrons. The largest absolute Gasteiger partial charge is 0.322 e. The average molecular weight is 339 g/mol. The Hall–Kier alpha value is -1.89. The number of para-hydroxylation sites is 1. The van der Waals surface area contributed by atoms with Gasteiger partial charge in [0.15, 0.2) is 0 Å². The zero-order valence-corrected chi connectivity index (χ0v) is 13.6. The summed E-state index contributed by atoms with van der Waals surface area (Å²) in [4.78, 5) is 12.3. The number of carbonyl (C=O) groups is 1. The zero-order chi connectivity index (χ0) is 16.3. The van der Waals surface area contributed by atoms with E-state index in [1.54, 1.807) is 12.1 Å². The van der Waals surface area contributed by atoms with Crippen molar-refractivity contribution in [3.05, 3.63) is 58.6 Å². The standard InChI is InChI=1S/C15H15ClN2O3S/c1-10-5-3-4-6-14(10)18-15(19)12-9-11(7-8-13(12)16)22(20,21)17-2/h3-9,17H,1-2H3,(H,18,19). The highest BCUT2D eigenvalue weighted by Gasteiger charge is 2.17. The number of amides is 1. The van der Waals surface area contributed by atoms with Gasteiger partial charge in [-0.1, -0.05) is 29.8 Å². The quantitative estimate of drug-likeness (QED) is 0.900. The Balaban J connectivity index is 2.38. The molecule has 2 aromatic rings. The van der Waals surface area contributed by atoms with Crippen LogP contribution in [0.4, 0.5) is 5.69 Å². The molecule has 0 atom stereocenters. The highest BCUT2D eigenvalue weighted by Crippen LogP contribution is 2.22. The molecule has 2 aromatic carbocycles. The molecule has 0 aliphatic heterocycles. The lowest BCUT2D eigenvalue weighted by atomic mass is 10.1. The molecule has 0 aromatic heterocycles. The molecule has 0 aliphatic rings. The van der Waals surface area contributed by atoms with Crippen LogP contribution in [0.25, 0.3) is 0 Å². The van der Waals surface area contributed by atoms with Gasteiger partial charge in [-0.05, 0) is 43.8 Å². The second-order valence-electron chi connectivity index (χ2n) is 4.62. The average Bonchev–Trinajstić information content (AvgIpc) is 2.49. The van der Waals surface area contributed by atoms with Crippen LogP contribution >= 0.6 is 11.6 Å². The third-order valence-corrected chi connectivity index (χ3v) is 4.90. The minimum absolute atomic E-state index is 0.0191. The Morgan fingerprint density at radius 2 is 1.82 bits per heavy atom. The Kier molecular flexibility index (Phi) is 4.85. The minimum atomic E-state index is -3.64. The normalized spacial score (nSPS) is 11.2. The second kappa shape index (κ2) is 6.48. The molecular formula is C15H15ClN2O3S. The topological polar surface area (TPSA) is 75.3 Å². The molecule has 0 spiro atoms. The second-order valence-corrected chi connectivity index (χ2v) is 6.91. The molecule has 5 nitrogen and oxygen atoms in total. The van der Waals surface area contributed by atoms with Crippen LogP contribution < -0.4 is 10.0 Å². The number of hydrogen-bond acceptors (Lipinski definition) is 3. The summed E-state index contributed by atoms with van der Waals surface area (Å²) in [6.07, 6.45) is 0. The lowest BCUT2D eigenvalue weighted by Gasteiger charge is -2.10. The van der Waals surface area contributed by atoms with E-state index in [1.165, 1.54) is 25.2 Å². The van der Waals surface area contributed by atoms with Gasteiger partial charge in [-0.15, -0.1) is 0 Å². The van der Waals surface area contributed by atoms with Gasteiger partial charge >= 0.3 is 0 Å². The number of anilines is 1. The molecule has 0 saturated carbocycles. The van der Waals surface area contributed by atoms with Gasteiger partial charge in [0.05, 0.1) is 15.5 Å². The van der Waals surface area contributed by atoms with Crippen molar-refractivity contribution in [3.63, 3.8) is 0 Å². The minimum Gasteiger partial charge on any atom is -0.322 e. The molecule has 1 amide bonds. The van der Waals surface area contributed by atoms with Crippen LogP contribution in [0.3, 0.4) is 0 Å². The first-order chi connectivity index (χ1) is 10.3. The molecule has 0 unspecified atom stereocenters. The highest BCUT2D eigenvalue weighted by molar-refractivity contribution is 7.89. The summed E-state index contributed by atoms with van der Waals surface area (Å²) in [5.41, 5.74) is 1.64. The van der Waals surface area contributed by atoms with E-state index in [0.717, 1.165) is 5.56 Å². The molecular weight excluding hydrogens is 324 g/mol. The van der Waals surface area contributed by atoms with Crippen molar-refractivity contribution < 1.29 is 13.2 Å². The van der Waals surface area contributed by atoms with E-state index in [2.05, 4.69) is 10.0 Å². The number of nitrogens with one attached hydrogen (secondary N) is 2. The summed E-state index contributed by atoms with van der Waals surface area (Å²) < 4.78 is 25.8. The summed E-state index contributed by atoms with van der Waals surface area (Å²) in [6.45, 7) is 1.86. The Bertz CT molecular complexity index is 819. The Morgan fingerprint density at radius 3 is 2.45 bits per heavy atom. The summed E-state index contributed by atoms with van der Waals surface area (Å²) in [5.74, 6) is -0.465. The summed E-state index contributed by atoms with van der Waals surface area (Å²) in [7, 11) is -2.34. The van der Waals surface area contributed by atoms with E-state index >= 15 is 0 Å². The van der Waals surface area contributed by atoms with Crippen LogP contribution in [-0.4, -0.2) is 21.4 Å². The van der Waals surface area contributed by atoms with Crippen molar-refractivity contribution in [1.82, 2.24) is 4.72 Å². The van der Waals surface area contributed by atoms with Crippen molar-refractivity contribution >= 4 is 33.2 Å². The van der Waals surface area contributed by atoms with Gasteiger partial charge in [0.25, 0.3) is 5.91 Å². The van der Waals surface area contributed by atoms with Gasteiger partial charge in [0.1, 0.15) is 0 Å². The number of benzene rings is 2. The van der Waals surface area contributed by atoms with Crippen LogP contribution in [-0.2, 0) is 10.0 Å². The van der Waals surface area contributed by atoms with Crippen LogP contribution in [0.5, 0.6) is 0 Å². The molecule has 0 aliphatic carbocycles. The smallest absolute Gasteiger partial charge is 0.257 e. The molecule has 2 rings (SSSR count). The van der Waals surface area contributed by atoms with E-state index < -0.39 is 15.9 Å². The number of rotatable bonds is 4. The molecule has 0 bridgehead atoms. The van der Waals surface area contributed by atoms with Crippen molar-refractivity contribution in [2.24, 2.45) is 0 Å². The number of aryl methyl sites for hydroxylation is 1. The first-order valence-electron chi connectivity index (χ1n) is 6.45. The Labute approximate surface area is 134 Å². The van der Waals surface area contributed by atoms with E-state index in [4.69, 9.17) is 11.6 Å². The fourth-order valence-corrected chi connectivity index (χ4v) is 2.83. The molecule has 0 saturated heterocycles. The van der Waals surface area contributed by atoms with Crippen LogP contribution in [0, 0.1) is 6.92 Å². The Morgan fingerprint density at radius 1 is 1.14 bits per heavy atom. The van der Waals surface area contributed by atoms with Gasteiger partial charge in [-0.3, -0.25) is 4.79 Å². The maximum absolute atomic E-state index is 12.3. The van der Waals surface area contributed by atoms with Crippen molar-refractivity contribution in [2.75, 3.05) is 12.4 Å². The van der Waals surface area contributed by atoms with E-state index in [1.807, 2.05) is 19.1 Å². The van der Waals surface area contributed by atoms with Crippen molar-refractivity contribution in [1.29, 1.82) is 0 Å². The van der Waals surface area contributed by atoms with E-state index in [0.29, 0.717) is 5.69 Å². The third kappa shape index (κ3) is 3.47. The maximum Gasteiger partial charge on any atom is 0.257 e. The summed E-state index contributed by atoms with van der Waals surface area (Å²) in [5, 5.41) is 2.91. The van der Waals surface area contributed by atoms with Crippen LogP contribution in [0.2, 0.25) is 5.02 Å². The van der Waals surface area contributed by atoms with Gasteiger partial charge in [0.2, 0.25) is 10.0 Å². The summed E-state index contributed by atoms with van der Waals surface area (Å²) >= 11 is 6.01. The fourth-order valence-electron chi connectivity index (χ4n) is 1.87. The van der Waals surface area contributed by atoms with Crippen LogP contribution in [0.1, 0.15) is 15.9 Å². The van der Waals surface area contributed by atoms with Crippen LogP contribution in [0.15, 0.2) is 47.4 Å². The molecule has 7 heteroatoms. The number of halogens is 1. The highest BCUT2D eigenvalue weighted by atomic mass is 35.5. The summed E-state index contributed by atoms with van der Waals surface area (Å²) in [6, 6.07) is 11.3. The lowest BCUT2D eigenvalue weighted by molar-refractivity contribution is 0.102. The third-order valence-electron chi connectivity index (χ3n) is 3.15. The van der Waals surface area contributed by atoms with Crippen molar-refractivity contribution in [2.45, 2.75) is 11.8 Å². The van der Waals surface area contributed by atoms with E-state index in [-0.39, 0.29) is 15.5 Å². The predicted octanol–water partition coefficient (Wildman–Crippen LogP) is 2.81. The van der Waals surface area contributed by atoms with Crippen molar-refractivity contribution in [3.8, 4) is 0 Å². The molecule has 0 radical (unpaired) electrons. The zero-order valence-electron chi connectivity index (χ0n) is 12.1. The molecule has 0 heterocycles. The number of hydrogen-bond donors (Lipinski definition) is 2. The van der Waals surface area contributed by atoms with Gasteiger partial charge in [-0.2, -0.15) is 0 Å². The van der Waals surface area contributed by atoms with Gasteiger partial charge < -0.3 is 5.32 Å². The predicted molar refractivity (Wildman–Crippen MR) is 86.8 cm³/mol. The van der Waals surface area contributed by atoms with Gasteiger partial charge in [0, 0.05) is 5.69 Å². The van der Waals surface area contributed by atoms with E-state index in [9.17, 15) is 13.2 Å². The first kappa shape index (κ1) is 16.5. The number of carbonyl (C=O) groups excluding carboxylic acids is 1. The first-order valence-corrected chi connectivity index (χ1v) is 8.31.